The Balaban J connectivity index is 2.25. The van der Waals surface area contributed by atoms with Crippen LogP contribution in [0, 0.1) is 0 Å². The van der Waals surface area contributed by atoms with Crippen LogP contribution in [0.25, 0.3) is 0 Å². The molecule has 2 atom stereocenters. The van der Waals surface area contributed by atoms with Gasteiger partial charge in [0.15, 0.2) is 0 Å². The minimum atomic E-state index is -3.60. The Hall–Kier alpha value is -0.950. The van der Waals surface area contributed by atoms with Crippen molar-refractivity contribution in [2.75, 3.05) is 7.05 Å². The van der Waals surface area contributed by atoms with Gasteiger partial charge >= 0.3 is 0 Å². The summed E-state index contributed by atoms with van der Waals surface area (Å²) in [5, 5.41) is 10.0. The van der Waals surface area contributed by atoms with E-state index in [1.165, 1.54) is 11.4 Å². The van der Waals surface area contributed by atoms with Crippen molar-refractivity contribution in [3.05, 3.63) is 35.4 Å². The van der Waals surface area contributed by atoms with Gasteiger partial charge in [0.05, 0.1) is 12.1 Å². The maximum Gasteiger partial charge on any atom is 0.280 e. The van der Waals surface area contributed by atoms with Crippen molar-refractivity contribution >= 4 is 10.2 Å². The molecule has 1 aromatic carbocycles. The van der Waals surface area contributed by atoms with Crippen molar-refractivity contribution in [1.82, 2.24) is 9.03 Å². The summed E-state index contributed by atoms with van der Waals surface area (Å²) in [5.74, 6) is 0. The largest absolute Gasteiger partial charge is 0.391 e. The van der Waals surface area contributed by atoms with Gasteiger partial charge in [0, 0.05) is 19.5 Å². The highest BCUT2D eigenvalue weighted by atomic mass is 32.2. The highest BCUT2D eigenvalue weighted by molar-refractivity contribution is 7.87. The molecule has 0 unspecified atom stereocenters. The van der Waals surface area contributed by atoms with E-state index < -0.39 is 22.4 Å². The van der Waals surface area contributed by atoms with Crippen molar-refractivity contribution in [2.45, 2.75) is 38.5 Å². The fourth-order valence-corrected chi connectivity index (χ4v) is 3.56. The van der Waals surface area contributed by atoms with Gasteiger partial charge in [-0.2, -0.15) is 17.4 Å². The molecule has 0 radical (unpaired) electrons. The minimum absolute atomic E-state index is 0.133. The maximum absolute atomic E-state index is 12.2. The van der Waals surface area contributed by atoms with E-state index in [9.17, 15) is 13.5 Å². The molecule has 0 amide bonds. The number of fused-ring (bicyclic) bond motifs is 1. The van der Waals surface area contributed by atoms with Gasteiger partial charge in [-0.3, -0.25) is 0 Å². The Morgan fingerprint density at radius 2 is 2.00 bits per heavy atom. The zero-order chi connectivity index (χ0) is 14.2. The van der Waals surface area contributed by atoms with Crippen molar-refractivity contribution in [2.24, 2.45) is 0 Å². The van der Waals surface area contributed by atoms with Crippen LogP contribution in [0.2, 0.25) is 0 Å². The number of benzene rings is 1. The first-order valence-corrected chi connectivity index (χ1v) is 7.78. The maximum atomic E-state index is 12.2. The fraction of sp³-hybridized carbons (Fsp3) is 0.538. The molecule has 5 nitrogen and oxygen atoms in total. The number of aliphatic hydroxyl groups is 1. The number of hydrogen-bond donors (Lipinski definition) is 2. The van der Waals surface area contributed by atoms with Crippen LogP contribution in [0.4, 0.5) is 0 Å². The number of rotatable bonds is 4. The Morgan fingerprint density at radius 3 is 2.63 bits per heavy atom. The lowest BCUT2D eigenvalue weighted by Gasteiger charge is -2.25. The summed E-state index contributed by atoms with van der Waals surface area (Å²) >= 11 is 0. The van der Waals surface area contributed by atoms with E-state index in [0.717, 1.165) is 11.1 Å². The lowest BCUT2D eigenvalue weighted by atomic mass is 10.1. The fourth-order valence-electron chi connectivity index (χ4n) is 2.24. The zero-order valence-corrected chi connectivity index (χ0v) is 12.2. The van der Waals surface area contributed by atoms with Crippen molar-refractivity contribution in [3.8, 4) is 0 Å². The van der Waals surface area contributed by atoms with Crippen LogP contribution in [0.15, 0.2) is 24.3 Å². The van der Waals surface area contributed by atoms with Crippen LogP contribution in [0.5, 0.6) is 0 Å². The normalized spacial score (nSPS) is 23.1. The Bertz CT molecular complexity index is 557. The quantitative estimate of drug-likeness (QED) is 0.860. The monoisotopic (exact) mass is 284 g/mol. The van der Waals surface area contributed by atoms with Crippen molar-refractivity contribution in [3.63, 3.8) is 0 Å². The van der Waals surface area contributed by atoms with E-state index in [1.807, 2.05) is 24.3 Å². The van der Waals surface area contributed by atoms with Gasteiger partial charge < -0.3 is 5.11 Å². The van der Waals surface area contributed by atoms with E-state index in [4.69, 9.17) is 0 Å². The van der Waals surface area contributed by atoms with E-state index in [0.29, 0.717) is 6.42 Å². The molecule has 0 aliphatic heterocycles. The van der Waals surface area contributed by atoms with Gasteiger partial charge in [0.25, 0.3) is 10.2 Å². The standard InChI is InChI=1S/C13H20N2O3S/c1-9(2)15(3)19(17,18)14-13-11-7-5-4-6-10(11)8-12(13)16/h4-7,9,12-14,16H,8H2,1-3H3/t12-,13+/m1/s1. The molecule has 19 heavy (non-hydrogen) atoms. The second kappa shape index (κ2) is 5.20. The molecule has 0 fully saturated rings. The van der Waals surface area contributed by atoms with Crippen LogP contribution in [0.3, 0.4) is 0 Å². The molecule has 1 aromatic rings. The van der Waals surface area contributed by atoms with E-state index in [-0.39, 0.29) is 6.04 Å². The molecule has 0 saturated carbocycles. The summed E-state index contributed by atoms with van der Waals surface area (Å²) < 4.78 is 28.2. The average molecular weight is 284 g/mol. The second-order valence-electron chi connectivity index (χ2n) is 5.18. The molecule has 0 heterocycles. The molecule has 2 rings (SSSR count). The predicted molar refractivity (Wildman–Crippen MR) is 73.8 cm³/mol. The number of nitrogens with zero attached hydrogens (tertiary/aromatic N) is 1. The van der Waals surface area contributed by atoms with E-state index in [1.54, 1.807) is 13.8 Å². The predicted octanol–water partition coefficient (Wildman–Crippen LogP) is 0.819. The molecule has 0 aromatic heterocycles. The number of aliphatic hydroxyl groups excluding tert-OH is 1. The molecule has 0 spiro atoms. The third-order valence-corrected chi connectivity index (χ3v) is 5.32. The SMILES string of the molecule is CC(C)N(C)S(=O)(=O)N[C@H]1c2ccccc2C[C@H]1O. The average Bonchev–Trinajstić information content (AvgIpc) is 2.65. The molecule has 6 heteroatoms. The summed E-state index contributed by atoms with van der Waals surface area (Å²) in [6, 6.07) is 6.81. The smallest absolute Gasteiger partial charge is 0.280 e. The third-order valence-electron chi connectivity index (χ3n) is 3.59. The van der Waals surface area contributed by atoms with Gasteiger partial charge in [0.2, 0.25) is 0 Å². The highest BCUT2D eigenvalue weighted by Gasteiger charge is 2.35. The van der Waals surface area contributed by atoms with Gasteiger partial charge in [-0.25, -0.2) is 0 Å². The summed E-state index contributed by atoms with van der Waals surface area (Å²) in [4.78, 5) is 0. The topological polar surface area (TPSA) is 69.6 Å². The molecule has 106 valence electrons. The van der Waals surface area contributed by atoms with Crippen LogP contribution >= 0.6 is 0 Å². The Kier molecular flexibility index (Phi) is 3.96. The van der Waals surface area contributed by atoms with Crippen LogP contribution < -0.4 is 4.72 Å². The highest BCUT2D eigenvalue weighted by Crippen LogP contribution is 2.32. The summed E-state index contributed by atoms with van der Waals surface area (Å²) in [6.07, 6.45) is -0.234. The van der Waals surface area contributed by atoms with Gasteiger partial charge in [-0.05, 0) is 25.0 Å². The van der Waals surface area contributed by atoms with Crippen LogP contribution in [0.1, 0.15) is 31.0 Å². The number of nitrogens with one attached hydrogen (secondary N) is 1. The first-order chi connectivity index (χ1) is 8.83. The van der Waals surface area contributed by atoms with Crippen LogP contribution in [-0.2, 0) is 16.6 Å². The van der Waals surface area contributed by atoms with Crippen LogP contribution in [-0.4, -0.2) is 37.0 Å². The molecule has 1 aliphatic rings. The molecule has 0 bridgehead atoms. The van der Waals surface area contributed by atoms with E-state index >= 15 is 0 Å². The summed E-state index contributed by atoms with van der Waals surface area (Å²) in [7, 11) is -2.07. The summed E-state index contributed by atoms with van der Waals surface area (Å²) in [6.45, 7) is 3.61. The van der Waals surface area contributed by atoms with Gasteiger partial charge in [0.1, 0.15) is 0 Å². The molecule has 1 aliphatic carbocycles. The molecular weight excluding hydrogens is 264 g/mol. The molecule has 0 saturated heterocycles. The third kappa shape index (κ3) is 2.81. The zero-order valence-electron chi connectivity index (χ0n) is 11.4. The van der Waals surface area contributed by atoms with Crippen molar-refractivity contribution < 1.29 is 13.5 Å². The van der Waals surface area contributed by atoms with Gasteiger partial charge in [-0.1, -0.05) is 24.3 Å². The minimum Gasteiger partial charge on any atom is -0.391 e. The van der Waals surface area contributed by atoms with Crippen molar-refractivity contribution in [1.29, 1.82) is 0 Å². The Labute approximate surface area is 114 Å². The molecular formula is C13H20N2O3S. The lowest BCUT2D eigenvalue weighted by Crippen LogP contribution is -2.45. The molecule has 2 N–H and O–H groups in total. The van der Waals surface area contributed by atoms with E-state index in [2.05, 4.69) is 4.72 Å². The lowest BCUT2D eigenvalue weighted by molar-refractivity contribution is 0.150. The summed E-state index contributed by atoms with van der Waals surface area (Å²) in [5.41, 5.74) is 1.85. The number of hydrogen-bond acceptors (Lipinski definition) is 3. The first kappa shape index (κ1) is 14.5. The first-order valence-electron chi connectivity index (χ1n) is 6.34. The second-order valence-corrected chi connectivity index (χ2v) is 6.94. The van der Waals surface area contributed by atoms with Gasteiger partial charge in [-0.15, -0.1) is 0 Å². The Morgan fingerprint density at radius 1 is 1.37 bits per heavy atom.